The average molecular weight is 552 g/mol. The molecule has 1 N–H and O–H groups in total. The second-order valence-electron chi connectivity index (χ2n) is 9.71. The molecule has 0 saturated carbocycles. The molecule has 0 radical (unpaired) electrons. The van der Waals surface area contributed by atoms with E-state index in [1.54, 1.807) is 24.3 Å². The molecule has 2 aliphatic rings. The van der Waals surface area contributed by atoms with Gasteiger partial charge in [0.15, 0.2) is 6.10 Å². The number of rotatable bonds is 8. The van der Waals surface area contributed by atoms with Gasteiger partial charge in [-0.05, 0) is 60.0 Å². The molecule has 0 aromatic heterocycles. The Bertz CT molecular complexity index is 1400. The first kappa shape index (κ1) is 27.0. The fraction of sp³-hybridized carbons (Fsp3) is 0.345. The number of ether oxygens (including phenoxy) is 3. The predicted octanol–water partition coefficient (Wildman–Crippen LogP) is 3.11. The third kappa shape index (κ3) is 6.19. The molecule has 1 unspecified atom stereocenters. The first-order valence-electron chi connectivity index (χ1n) is 12.9. The van der Waals surface area contributed by atoms with E-state index in [0.717, 1.165) is 44.0 Å². The van der Waals surface area contributed by atoms with Crippen molar-refractivity contribution in [3.8, 4) is 11.5 Å². The molecule has 3 aromatic carbocycles. The molecule has 0 bridgehead atoms. The molecule has 1 atom stereocenters. The van der Waals surface area contributed by atoms with Crippen molar-refractivity contribution in [2.24, 2.45) is 0 Å². The first-order chi connectivity index (χ1) is 18.8. The van der Waals surface area contributed by atoms with Gasteiger partial charge in [0.25, 0.3) is 15.9 Å². The molecular formula is C29H33N3O6S. The number of amides is 1. The lowest BCUT2D eigenvalue weighted by Crippen LogP contribution is -2.50. The highest BCUT2D eigenvalue weighted by molar-refractivity contribution is 7.92. The van der Waals surface area contributed by atoms with Crippen molar-refractivity contribution in [2.45, 2.75) is 31.0 Å². The fourth-order valence-corrected chi connectivity index (χ4v) is 6.16. The summed E-state index contributed by atoms with van der Waals surface area (Å²) in [5.41, 5.74) is 3.45. The number of carbonyl (C=O) groups is 1. The minimum atomic E-state index is -3.96. The van der Waals surface area contributed by atoms with Crippen molar-refractivity contribution in [3.05, 3.63) is 83.4 Å². The first-order valence-corrected chi connectivity index (χ1v) is 14.4. The molecule has 0 spiro atoms. The number of aryl methyl sites for hydroxylation is 1. The van der Waals surface area contributed by atoms with Crippen LogP contribution >= 0.6 is 0 Å². The highest BCUT2D eigenvalue weighted by Gasteiger charge is 2.37. The Kier molecular flexibility index (Phi) is 8.06. The quantitative estimate of drug-likeness (QED) is 0.460. The van der Waals surface area contributed by atoms with Gasteiger partial charge in [-0.2, -0.15) is 0 Å². The topological polar surface area (TPSA) is 97.4 Å². The van der Waals surface area contributed by atoms with E-state index in [0.29, 0.717) is 23.7 Å². The number of benzene rings is 3. The smallest absolute Gasteiger partial charge is 0.264 e. The van der Waals surface area contributed by atoms with E-state index in [2.05, 4.69) is 22.3 Å². The summed E-state index contributed by atoms with van der Waals surface area (Å²) in [5, 5.41) is 2.91. The van der Waals surface area contributed by atoms with E-state index in [1.165, 1.54) is 29.1 Å². The van der Waals surface area contributed by atoms with Crippen LogP contribution in [0.5, 0.6) is 11.5 Å². The number of sulfonamides is 1. The summed E-state index contributed by atoms with van der Waals surface area (Å²) >= 11 is 0. The monoisotopic (exact) mass is 551 g/mol. The summed E-state index contributed by atoms with van der Waals surface area (Å²) in [4.78, 5) is 15.7. The minimum Gasteiger partial charge on any atom is -0.497 e. The van der Waals surface area contributed by atoms with Crippen molar-refractivity contribution < 1.29 is 27.4 Å². The Morgan fingerprint density at radius 1 is 1.00 bits per heavy atom. The molecule has 0 aliphatic carbocycles. The normalized spacial score (nSPS) is 17.7. The molecule has 2 heterocycles. The molecule has 9 nitrogen and oxygen atoms in total. The lowest BCUT2D eigenvalue weighted by Gasteiger charge is -2.35. The van der Waals surface area contributed by atoms with Crippen LogP contribution in [0.2, 0.25) is 0 Å². The molecule has 5 rings (SSSR count). The van der Waals surface area contributed by atoms with Gasteiger partial charge in [-0.3, -0.25) is 14.0 Å². The van der Waals surface area contributed by atoms with E-state index < -0.39 is 16.1 Å². The maximum absolute atomic E-state index is 13.6. The predicted molar refractivity (Wildman–Crippen MR) is 148 cm³/mol. The third-order valence-electron chi connectivity index (χ3n) is 6.92. The number of hydrogen-bond acceptors (Lipinski definition) is 7. The van der Waals surface area contributed by atoms with Crippen molar-refractivity contribution >= 4 is 21.6 Å². The summed E-state index contributed by atoms with van der Waals surface area (Å²) in [6.45, 7) is 6.28. The largest absolute Gasteiger partial charge is 0.497 e. The van der Waals surface area contributed by atoms with Crippen LogP contribution in [-0.4, -0.2) is 65.3 Å². The molecule has 1 saturated heterocycles. The van der Waals surface area contributed by atoms with Crippen molar-refractivity contribution in [1.82, 2.24) is 10.2 Å². The third-order valence-corrected chi connectivity index (χ3v) is 8.72. The van der Waals surface area contributed by atoms with Crippen LogP contribution in [0.3, 0.4) is 0 Å². The second-order valence-corrected chi connectivity index (χ2v) is 11.6. The van der Waals surface area contributed by atoms with E-state index in [4.69, 9.17) is 14.2 Å². The van der Waals surface area contributed by atoms with Crippen molar-refractivity contribution in [2.75, 3.05) is 44.3 Å². The Morgan fingerprint density at radius 2 is 1.69 bits per heavy atom. The second kappa shape index (κ2) is 11.6. The molecule has 2 aliphatic heterocycles. The molecule has 206 valence electrons. The fourth-order valence-electron chi connectivity index (χ4n) is 4.68. The highest BCUT2D eigenvalue weighted by Crippen LogP contribution is 2.38. The highest BCUT2D eigenvalue weighted by atomic mass is 32.2. The van der Waals surface area contributed by atoms with Gasteiger partial charge in [0.05, 0.1) is 37.5 Å². The van der Waals surface area contributed by atoms with Crippen molar-refractivity contribution in [3.63, 3.8) is 0 Å². The Hall–Kier alpha value is -3.60. The van der Waals surface area contributed by atoms with E-state index in [1.807, 2.05) is 25.1 Å². The average Bonchev–Trinajstić information content (AvgIpc) is 2.96. The van der Waals surface area contributed by atoms with Gasteiger partial charge < -0.3 is 19.5 Å². The SMILES string of the molecule is COc1ccc(S(=O)(=O)N2CC(C(=O)NCc3ccc(CN4CCOCC4)cc3)Oc3cc(C)ccc32)cc1. The summed E-state index contributed by atoms with van der Waals surface area (Å²) in [5.74, 6) is 0.527. The summed E-state index contributed by atoms with van der Waals surface area (Å²) < 4.78 is 45.1. The number of hydrogen-bond donors (Lipinski definition) is 1. The van der Waals surface area contributed by atoms with Gasteiger partial charge >= 0.3 is 0 Å². The Labute approximate surface area is 229 Å². The Balaban J connectivity index is 1.28. The van der Waals surface area contributed by atoms with Gasteiger partial charge in [0.2, 0.25) is 0 Å². The number of methoxy groups -OCH3 is 1. The maximum atomic E-state index is 13.6. The van der Waals surface area contributed by atoms with E-state index >= 15 is 0 Å². The molecule has 39 heavy (non-hydrogen) atoms. The lowest BCUT2D eigenvalue weighted by molar-refractivity contribution is -0.127. The maximum Gasteiger partial charge on any atom is 0.264 e. The summed E-state index contributed by atoms with van der Waals surface area (Å²) in [6.07, 6.45) is -1.01. The molecule has 3 aromatic rings. The van der Waals surface area contributed by atoms with Crippen LogP contribution in [-0.2, 0) is 32.6 Å². The lowest BCUT2D eigenvalue weighted by atomic mass is 10.1. The Morgan fingerprint density at radius 3 is 2.38 bits per heavy atom. The molecular weight excluding hydrogens is 518 g/mol. The number of nitrogens with zero attached hydrogens (tertiary/aromatic N) is 2. The van der Waals surface area contributed by atoms with Gasteiger partial charge in [-0.25, -0.2) is 8.42 Å². The number of nitrogens with one attached hydrogen (secondary N) is 1. The number of morpholine rings is 1. The van der Waals surface area contributed by atoms with Crippen LogP contribution in [0.25, 0.3) is 0 Å². The zero-order valence-electron chi connectivity index (χ0n) is 22.1. The molecule has 1 fully saturated rings. The van der Waals surface area contributed by atoms with E-state index in [9.17, 15) is 13.2 Å². The zero-order chi connectivity index (χ0) is 27.4. The van der Waals surface area contributed by atoms with Crippen LogP contribution < -0.4 is 19.1 Å². The molecule has 10 heteroatoms. The molecule has 1 amide bonds. The van der Waals surface area contributed by atoms with Crippen LogP contribution in [0.15, 0.2) is 71.6 Å². The number of fused-ring (bicyclic) bond motifs is 1. The van der Waals surface area contributed by atoms with Crippen LogP contribution in [0.1, 0.15) is 16.7 Å². The van der Waals surface area contributed by atoms with Gasteiger partial charge in [-0.15, -0.1) is 0 Å². The number of carbonyl (C=O) groups excluding carboxylic acids is 1. The van der Waals surface area contributed by atoms with Gasteiger partial charge in [0, 0.05) is 26.2 Å². The number of anilines is 1. The van der Waals surface area contributed by atoms with Gasteiger partial charge in [-0.1, -0.05) is 30.3 Å². The van der Waals surface area contributed by atoms with Gasteiger partial charge in [0.1, 0.15) is 11.5 Å². The standard InChI is InChI=1S/C29H33N3O6S/c1-21-3-12-26-27(17-21)38-28(20-32(26)39(34,35)25-10-8-24(36-2)9-11-25)29(33)30-18-22-4-6-23(7-5-22)19-31-13-15-37-16-14-31/h3-12,17,28H,13-16,18-20H2,1-2H3,(H,30,33). The zero-order valence-corrected chi connectivity index (χ0v) is 22.9. The minimum absolute atomic E-state index is 0.105. The summed E-state index contributed by atoms with van der Waals surface area (Å²) in [6, 6.07) is 19.6. The van der Waals surface area contributed by atoms with Crippen molar-refractivity contribution in [1.29, 1.82) is 0 Å². The summed E-state index contributed by atoms with van der Waals surface area (Å²) in [7, 11) is -2.44. The van der Waals surface area contributed by atoms with Crippen LogP contribution in [0.4, 0.5) is 5.69 Å². The van der Waals surface area contributed by atoms with E-state index in [-0.39, 0.29) is 17.3 Å². The van der Waals surface area contributed by atoms with Crippen LogP contribution in [0, 0.1) is 6.92 Å².